The Morgan fingerprint density at radius 1 is 1.26 bits per heavy atom. The van der Waals surface area contributed by atoms with Gasteiger partial charge in [0.15, 0.2) is 0 Å². The van der Waals surface area contributed by atoms with Gasteiger partial charge < -0.3 is 15.4 Å². The molecule has 0 spiro atoms. The second-order valence-corrected chi connectivity index (χ2v) is 5.05. The van der Waals surface area contributed by atoms with Crippen LogP contribution in [-0.4, -0.2) is 63.3 Å². The number of nitrogens with zero attached hydrogens (tertiary/aromatic N) is 1. The predicted molar refractivity (Wildman–Crippen MR) is 77.3 cm³/mol. The summed E-state index contributed by atoms with van der Waals surface area (Å²) in [7, 11) is 0. The first kappa shape index (κ1) is 16.4. The van der Waals surface area contributed by atoms with E-state index in [4.69, 9.17) is 4.74 Å². The van der Waals surface area contributed by atoms with E-state index in [1.165, 1.54) is 6.42 Å². The highest BCUT2D eigenvalue weighted by Gasteiger charge is 2.11. The SMILES string of the molecule is CCCCOCCCNC(=O)CN1CCCNCC1. The Morgan fingerprint density at radius 3 is 2.95 bits per heavy atom. The highest BCUT2D eigenvalue weighted by molar-refractivity contribution is 5.77. The van der Waals surface area contributed by atoms with E-state index in [9.17, 15) is 4.79 Å². The maximum absolute atomic E-state index is 11.7. The molecule has 1 amide bonds. The molecule has 0 radical (unpaired) electrons. The maximum atomic E-state index is 11.7. The third-order valence-electron chi connectivity index (χ3n) is 3.23. The molecule has 0 aromatic carbocycles. The number of rotatable bonds is 9. The van der Waals surface area contributed by atoms with E-state index in [1.54, 1.807) is 0 Å². The molecule has 2 N–H and O–H groups in total. The molecule has 1 saturated heterocycles. The van der Waals surface area contributed by atoms with Crippen LogP contribution in [0.15, 0.2) is 0 Å². The van der Waals surface area contributed by atoms with Gasteiger partial charge in [-0.1, -0.05) is 13.3 Å². The number of hydrogen-bond acceptors (Lipinski definition) is 4. The molecule has 1 fully saturated rings. The molecular formula is C14H29N3O2. The van der Waals surface area contributed by atoms with Gasteiger partial charge in [0.05, 0.1) is 6.54 Å². The molecule has 1 aliphatic heterocycles. The quantitative estimate of drug-likeness (QED) is 0.603. The normalized spacial score (nSPS) is 17.1. The summed E-state index contributed by atoms with van der Waals surface area (Å²) in [6, 6.07) is 0. The minimum atomic E-state index is 0.135. The topological polar surface area (TPSA) is 53.6 Å². The number of carbonyl (C=O) groups excluding carboxylic acids is 1. The third-order valence-corrected chi connectivity index (χ3v) is 3.23. The Bertz CT molecular complexity index is 229. The van der Waals surface area contributed by atoms with Gasteiger partial charge in [-0.2, -0.15) is 0 Å². The van der Waals surface area contributed by atoms with Crippen molar-refractivity contribution < 1.29 is 9.53 Å². The van der Waals surface area contributed by atoms with E-state index in [2.05, 4.69) is 22.5 Å². The molecule has 0 atom stereocenters. The molecule has 1 heterocycles. The summed E-state index contributed by atoms with van der Waals surface area (Å²) in [5.74, 6) is 0.135. The number of ether oxygens (including phenoxy) is 1. The van der Waals surface area contributed by atoms with Crippen molar-refractivity contribution in [3.05, 3.63) is 0 Å². The van der Waals surface area contributed by atoms with Gasteiger partial charge in [0, 0.05) is 32.8 Å². The highest BCUT2D eigenvalue weighted by atomic mass is 16.5. The van der Waals surface area contributed by atoms with E-state index in [-0.39, 0.29) is 5.91 Å². The van der Waals surface area contributed by atoms with Gasteiger partial charge >= 0.3 is 0 Å². The summed E-state index contributed by atoms with van der Waals surface area (Å²) in [6.07, 6.45) is 4.31. The van der Waals surface area contributed by atoms with Gasteiger partial charge in [-0.3, -0.25) is 9.69 Å². The molecule has 0 aliphatic carbocycles. The van der Waals surface area contributed by atoms with Crippen molar-refractivity contribution in [2.24, 2.45) is 0 Å². The summed E-state index contributed by atoms with van der Waals surface area (Å²) in [5, 5.41) is 6.30. The minimum absolute atomic E-state index is 0.135. The first-order chi connectivity index (χ1) is 9.33. The van der Waals surface area contributed by atoms with Crippen molar-refractivity contribution >= 4 is 5.91 Å². The number of nitrogens with one attached hydrogen (secondary N) is 2. The van der Waals surface area contributed by atoms with Crippen molar-refractivity contribution in [2.45, 2.75) is 32.6 Å². The molecule has 1 rings (SSSR count). The average molecular weight is 271 g/mol. The van der Waals surface area contributed by atoms with Gasteiger partial charge in [0.2, 0.25) is 5.91 Å². The summed E-state index contributed by atoms with van der Waals surface area (Å²) in [4.78, 5) is 14.0. The lowest BCUT2D eigenvalue weighted by molar-refractivity contribution is -0.122. The molecule has 0 aromatic heterocycles. The van der Waals surface area contributed by atoms with Gasteiger partial charge in [-0.25, -0.2) is 0 Å². The van der Waals surface area contributed by atoms with Crippen LogP contribution in [0.25, 0.3) is 0 Å². The monoisotopic (exact) mass is 271 g/mol. The van der Waals surface area contributed by atoms with Crippen molar-refractivity contribution in [1.82, 2.24) is 15.5 Å². The van der Waals surface area contributed by atoms with Crippen LogP contribution in [-0.2, 0) is 9.53 Å². The fraction of sp³-hybridized carbons (Fsp3) is 0.929. The number of hydrogen-bond donors (Lipinski definition) is 2. The van der Waals surface area contributed by atoms with Gasteiger partial charge in [-0.05, 0) is 32.4 Å². The first-order valence-electron chi connectivity index (χ1n) is 7.60. The minimum Gasteiger partial charge on any atom is -0.381 e. The Kier molecular flexibility index (Phi) is 9.67. The standard InChI is InChI=1S/C14H29N3O2/c1-2-3-11-19-12-5-7-16-14(18)13-17-9-4-6-15-8-10-17/h15H,2-13H2,1H3,(H,16,18). The molecule has 112 valence electrons. The average Bonchev–Trinajstić information content (AvgIpc) is 2.66. The fourth-order valence-electron chi connectivity index (χ4n) is 2.07. The molecule has 0 bridgehead atoms. The summed E-state index contributed by atoms with van der Waals surface area (Å²) < 4.78 is 5.45. The Morgan fingerprint density at radius 2 is 2.11 bits per heavy atom. The summed E-state index contributed by atoms with van der Waals surface area (Å²) in [6.45, 7) is 9.01. The highest BCUT2D eigenvalue weighted by Crippen LogP contribution is 1.94. The lowest BCUT2D eigenvalue weighted by Gasteiger charge is -2.18. The second kappa shape index (κ2) is 11.2. The molecule has 0 saturated carbocycles. The second-order valence-electron chi connectivity index (χ2n) is 5.05. The molecule has 19 heavy (non-hydrogen) atoms. The molecule has 0 aromatic rings. The predicted octanol–water partition coefficient (Wildman–Crippen LogP) is 0.605. The fourth-order valence-corrected chi connectivity index (χ4v) is 2.07. The molecule has 5 heteroatoms. The zero-order valence-corrected chi connectivity index (χ0v) is 12.2. The van der Waals surface area contributed by atoms with Crippen molar-refractivity contribution in [1.29, 1.82) is 0 Å². The van der Waals surface area contributed by atoms with E-state index in [0.29, 0.717) is 6.54 Å². The van der Waals surface area contributed by atoms with E-state index in [1.807, 2.05) is 0 Å². The number of amides is 1. The van der Waals surface area contributed by atoms with Crippen LogP contribution >= 0.6 is 0 Å². The van der Waals surface area contributed by atoms with Crippen LogP contribution in [0.1, 0.15) is 32.6 Å². The molecule has 0 unspecified atom stereocenters. The zero-order chi connectivity index (χ0) is 13.8. The first-order valence-corrected chi connectivity index (χ1v) is 7.60. The van der Waals surface area contributed by atoms with Crippen LogP contribution < -0.4 is 10.6 Å². The lowest BCUT2D eigenvalue weighted by Crippen LogP contribution is -2.39. The van der Waals surface area contributed by atoms with Crippen molar-refractivity contribution in [2.75, 3.05) is 52.5 Å². The van der Waals surface area contributed by atoms with Crippen molar-refractivity contribution in [3.8, 4) is 0 Å². The van der Waals surface area contributed by atoms with E-state index < -0.39 is 0 Å². The zero-order valence-electron chi connectivity index (χ0n) is 12.2. The number of carbonyl (C=O) groups is 1. The molecule has 5 nitrogen and oxygen atoms in total. The van der Waals surface area contributed by atoms with E-state index in [0.717, 1.165) is 65.2 Å². The van der Waals surface area contributed by atoms with Crippen LogP contribution in [0.5, 0.6) is 0 Å². The van der Waals surface area contributed by atoms with Gasteiger partial charge in [-0.15, -0.1) is 0 Å². The maximum Gasteiger partial charge on any atom is 0.234 e. The molecule has 1 aliphatic rings. The third kappa shape index (κ3) is 8.97. The van der Waals surface area contributed by atoms with Gasteiger partial charge in [0.25, 0.3) is 0 Å². The van der Waals surface area contributed by atoms with Crippen LogP contribution in [0, 0.1) is 0 Å². The lowest BCUT2D eigenvalue weighted by atomic mass is 10.3. The van der Waals surface area contributed by atoms with Gasteiger partial charge in [0.1, 0.15) is 0 Å². The Balaban J connectivity index is 1.95. The summed E-state index contributed by atoms with van der Waals surface area (Å²) in [5.41, 5.74) is 0. The summed E-state index contributed by atoms with van der Waals surface area (Å²) >= 11 is 0. The Hall–Kier alpha value is -0.650. The smallest absolute Gasteiger partial charge is 0.234 e. The number of unbranched alkanes of at least 4 members (excludes halogenated alkanes) is 1. The van der Waals surface area contributed by atoms with Crippen LogP contribution in [0.4, 0.5) is 0 Å². The van der Waals surface area contributed by atoms with Crippen LogP contribution in [0.2, 0.25) is 0 Å². The van der Waals surface area contributed by atoms with Crippen molar-refractivity contribution in [3.63, 3.8) is 0 Å². The van der Waals surface area contributed by atoms with E-state index >= 15 is 0 Å². The largest absolute Gasteiger partial charge is 0.381 e. The van der Waals surface area contributed by atoms with Crippen LogP contribution in [0.3, 0.4) is 0 Å². The Labute approximate surface area is 117 Å². The molecular weight excluding hydrogens is 242 g/mol.